The molecule has 1 aromatic carbocycles. The van der Waals surface area contributed by atoms with Crippen molar-refractivity contribution in [2.45, 2.75) is 64.3 Å². The number of ether oxygens (including phenoxy) is 2. The second-order valence-corrected chi connectivity index (χ2v) is 8.42. The number of aliphatic carboxylic acids is 1. The van der Waals surface area contributed by atoms with E-state index in [-0.39, 0.29) is 25.5 Å². The summed E-state index contributed by atoms with van der Waals surface area (Å²) in [5.41, 5.74) is -2.90. The average molecular weight is 517 g/mol. The Balaban J connectivity index is 1.87. The number of anilines is 1. The van der Waals surface area contributed by atoms with Crippen molar-refractivity contribution in [2.75, 3.05) is 18.5 Å². The van der Waals surface area contributed by atoms with Crippen LogP contribution in [0.2, 0.25) is 0 Å². The standard InChI is InChI=1S/C23H31F3N4O6/c1-4-11-22(2,20(32)33)36-17-9-7-16(8-10-17)35-15-6-13-27-18-19(31)30(21(34)29(3)28-18)14-5-12-23(24,25)26/h7-10H,4-6,11-15H2,1-3H3,(H,27,28)(H,32,33). The van der Waals surface area contributed by atoms with E-state index in [0.717, 1.165) is 9.25 Å². The summed E-state index contributed by atoms with van der Waals surface area (Å²) in [4.78, 5) is 36.1. The molecule has 0 spiro atoms. The molecule has 0 bridgehead atoms. The third-order valence-electron chi connectivity index (χ3n) is 5.28. The van der Waals surface area contributed by atoms with Gasteiger partial charge in [0.1, 0.15) is 11.5 Å². The van der Waals surface area contributed by atoms with E-state index in [9.17, 15) is 32.7 Å². The summed E-state index contributed by atoms with van der Waals surface area (Å²) in [5, 5.41) is 16.1. The van der Waals surface area contributed by atoms with Crippen molar-refractivity contribution in [1.29, 1.82) is 0 Å². The van der Waals surface area contributed by atoms with Crippen molar-refractivity contribution in [3.63, 3.8) is 0 Å². The number of aryl methyl sites for hydroxylation is 1. The summed E-state index contributed by atoms with van der Waals surface area (Å²) in [6.45, 7) is 3.56. The van der Waals surface area contributed by atoms with Gasteiger partial charge in [0.15, 0.2) is 0 Å². The Bertz CT molecular complexity index is 1130. The van der Waals surface area contributed by atoms with Crippen molar-refractivity contribution < 1.29 is 32.5 Å². The van der Waals surface area contributed by atoms with Crippen LogP contribution in [0.25, 0.3) is 0 Å². The Morgan fingerprint density at radius 2 is 1.75 bits per heavy atom. The smallest absolute Gasteiger partial charge is 0.389 e. The fraction of sp³-hybridized carbons (Fsp3) is 0.565. The summed E-state index contributed by atoms with van der Waals surface area (Å²) in [7, 11) is 1.31. The maximum Gasteiger partial charge on any atom is 0.389 e. The molecular formula is C23H31F3N4O6. The molecule has 0 amide bonds. The summed E-state index contributed by atoms with van der Waals surface area (Å²) in [5.74, 6) is -0.255. The Hall–Kier alpha value is -3.51. The topological polar surface area (TPSA) is 125 Å². The molecule has 1 atom stereocenters. The van der Waals surface area contributed by atoms with Crippen molar-refractivity contribution >= 4 is 11.8 Å². The zero-order valence-electron chi connectivity index (χ0n) is 20.4. The van der Waals surface area contributed by atoms with E-state index in [4.69, 9.17) is 9.47 Å². The number of halogens is 3. The molecule has 0 fully saturated rings. The first-order chi connectivity index (χ1) is 16.9. The molecule has 0 radical (unpaired) electrons. The van der Waals surface area contributed by atoms with Crippen LogP contribution in [0, 0.1) is 0 Å². The number of benzene rings is 1. The van der Waals surface area contributed by atoms with Crippen molar-refractivity contribution in [3.8, 4) is 11.5 Å². The minimum atomic E-state index is -4.37. The van der Waals surface area contributed by atoms with Crippen molar-refractivity contribution in [1.82, 2.24) is 14.3 Å². The highest BCUT2D eigenvalue weighted by molar-refractivity contribution is 5.77. The molecule has 0 saturated heterocycles. The van der Waals surface area contributed by atoms with Crippen LogP contribution in [0.1, 0.15) is 46.0 Å². The Morgan fingerprint density at radius 3 is 2.33 bits per heavy atom. The monoisotopic (exact) mass is 516 g/mol. The second kappa shape index (κ2) is 12.5. The first-order valence-corrected chi connectivity index (χ1v) is 11.5. The molecule has 2 N–H and O–H groups in total. The predicted molar refractivity (Wildman–Crippen MR) is 126 cm³/mol. The molecule has 13 heteroatoms. The van der Waals surface area contributed by atoms with E-state index >= 15 is 0 Å². The fourth-order valence-corrected chi connectivity index (χ4v) is 3.38. The molecule has 200 valence electrons. The number of carboxylic acids is 1. The van der Waals surface area contributed by atoms with E-state index in [2.05, 4.69) is 10.4 Å². The normalized spacial score (nSPS) is 13.2. The lowest BCUT2D eigenvalue weighted by Gasteiger charge is -2.26. The molecule has 1 aromatic heterocycles. The van der Waals surface area contributed by atoms with Crippen LogP contribution < -0.4 is 26.0 Å². The van der Waals surface area contributed by atoms with Gasteiger partial charge in [-0.1, -0.05) is 13.3 Å². The van der Waals surface area contributed by atoms with Gasteiger partial charge >= 0.3 is 17.8 Å². The molecule has 2 rings (SSSR count). The van der Waals surface area contributed by atoms with Crippen LogP contribution in [0.4, 0.5) is 19.0 Å². The first-order valence-electron chi connectivity index (χ1n) is 11.5. The molecule has 36 heavy (non-hydrogen) atoms. The second-order valence-electron chi connectivity index (χ2n) is 8.42. The number of hydrogen-bond donors (Lipinski definition) is 2. The van der Waals surface area contributed by atoms with E-state index in [0.29, 0.717) is 30.8 Å². The zero-order valence-corrected chi connectivity index (χ0v) is 20.4. The van der Waals surface area contributed by atoms with Crippen LogP contribution in [0.3, 0.4) is 0 Å². The molecular weight excluding hydrogens is 485 g/mol. The van der Waals surface area contributed by atoms with Gasteiger partial charge in [-0.15, -0.1) is 5.10 Å². The number of nitrogens with one attached hydrogen (secondary N) is 1. The Morgan fingerprint density at radius 1 is 1.11 bits per heavy atom. The van der Waals surface area contributed by atoms with Gasteiger partial charge in [-0.25, -0.2) is 14.3 Å². The predicted octanol–water partition coefficient (Wildman–Crippen LogP) is 3.19. The van der Waals surface area contributed by atoms with Gasteiger partial charge in [-0.05, 0) is 50.5 Å². The number of rotatable bonds is 14. The fourth-order valence-electron chi connectivity index (χ4n) is 3.38. The highest BCUT2D eigenvalue weighted by Gasteiger charge is 2.34. The first kappa shape index (κ1) is 28.7. The van der Waals surface area contributed by atoms with Crippen molar-refractivity contribution in [3.05, 3.63) is 45.1 Å². The highest BCUT2D eigenvalue weighted by atomic mass is 19.4. The largest absolute Gasteiger partial charge is 0.494 e. The van der Waals surface area contributed by atoms with E-state index < -0.39 is 41.8 Å². The number of aromatic nitrogens is 3. The van der Waals surface area contributed by atoms with Gasteiger partial charge in [0.05, 0.1) is 6.61 Å². The maximum atomic E-state index is 12.5. The average Bonchev–Trinajstić information content (AvgIpc) is 2.79. The van der Waals surface area contributed by atoms with Crippen LogP contribution in [0.5, 0.6) is 11.5 Å². The molecule has 0 saturated carbocycles. The van der Waals surface area contributed by atoms with Crippen LogP contribution in [-0.2, 0) is 18.4 Å². The Labute approximate surface area is 205 Å². The molecule has 1 heterocycles. The van der Waals surface area contributed by atoms with Gasteiger partial charge in [-0.2, -0.15) is 13.2 Å². The van der Waals surface area contributed by atoms with Crippen molar-refractivity contribution in [2.24, 2.45) is 7.05 Å². The molecule has 10 nitrogen and oxygen atoms in total. The summed E-state index contributed by atoms with van der Waals surface area (Å²) in [6, 6.07) is 6.51. The lowest BCUT2D eigenvalue weighted by Crippen LogP contribution is -2.42. The van der Waals surface area contributed by atoms with Crippen LogP contribution in [-0.4, -0.2) is 50.4 Å². The number of carbonyl (C=O) groups is 1. The van der Waals surface area contributed by atoms with Gasteiger partial charge in [0, 0.05) is 26.6 Å². The third-order valence-corrected chi connectivity index (χ3v) is 5.28. The minimum Gasteiger partial charge on any atom is -0.494 e. The van der Waals surface area contributed by atoms with Gasteiger partial charge in [0.2, 0.25) is 11.4 Å². The van der Waals surface area contributed by atoms with Gasteiger partial charge < -0.3 is 19.9 Å². The lowest BCUT2D eigenvalue weighted by molar-refractivity contribution is -0.154. The zero-order chi connectivity index (χ0) is 26.9. The molecule has 1 unspecified atom stereocenters. The maximum absolute atomic E-state index is 12.5. The van der Waals surface area contributed by atoms with E-state index in [1.807, 2.05) is 6.92 Å². The van der Waals surface area contributed by atoms with Gasteiger partial charge in [-0.3, -0.25) is 9.36 Å². The van der Waals surface area contributed by atoms with Gasteiger partial charge in [0.25, 0.3) is 5.56 Å². The number of nitrogens with zero attached hydrogens (tertiary/aromatic N) is 3. The SMILES string of the molecule is CCCC(C)(Oc1ccc(OCCCNc2nn(C)c(=O)n(CCCC(F)(F)F)c2=O)cc1)C(=O)O. The number of hydrogen-bond acceptors (Lipinski definition) is 7. The van der Waals surface area contributed by atoms with E-state index in [1.165, 1.54) is 14.0 Å². The Kier molecular flexibility index (Phi) is 9.93. The lowest BCUT2D eigenvalue weighted by atomic mass is 10.0. The quantitative estimate of drug-likeness (QED) is 0.367. The van der Waals surface area contributed by atoms with E-state index in [1.54, 1.807) is 24.3 Å². The summed E-state index contributed by atoms with van der Waals surface area (Å²) in [6.07, 6.45) is -4.41. The minimum absolute atomic E-state index is 0.140. The molecule has 2 aromatic rings. The third kappa shape index (κ3) is 8.31. The van der Waals surface area contributed by atoms with Crippen LogP contribution >= 0.6 is 0 Å². The molecule has 0 aliphatic heterocycles. The molecule has 0 aliphatic carbocycles. The summed E-state index contributed by atoms with van der Waals surface area (Å²) >= 11 is 0. The highest BCUT2D eigenvalue weighted by Crippen LogP contribution is 2.25. The summed E-state index contributed by atoms with van der Waals surface area (Å²) < 4.78 is 50.1. The number of carboxylic acid groups (broad SMARTS) is 1. The molecule has 0 aliphatic rings. The van der Waals surface area contributed by atoms with Crippen LogP contribution in [0.15, 0.2) is 33.9 Å². The number of alkyl halides is 3.